The molecule has 2 unspecified atom stereocenters. The molecule has 5 atom stereocenters. The molecule has 0 aliphatic heterocycles. The Morgan fingerprint density at radius 3 is 2.52 bits per heavy atom. The van der Waals surface area contributed by atoms with Crippen molar-refractivity contribution in [3.8, 4) is 6.07 Å². The van der Waals surface area contributed by atoms with E-state index in [1.807, 2.05) is 6.07 Å². The molecular formula is C19H21ClN2O6S. The minimum absolute atomic E-state index is 0.00971. The van der Waals surface area contributed by atoms with Crippen LogP contribution in [0.2, 0.25) is 5.02 Å². The van der Waals surface area contributed by atoms with Crippen LogP contribution in [0.1, 0.15) is 19.3 Å². The summed E-state index contributed by atoms with van der Waals surface area (Å²) in [5.41, 5.74) is 2.17. The van der Waals surface area contributed by atoms with E-state index in [9.17, 15) is 28.4 Å². The van der Waals surface area contributed by atoms with Gasteiger partial charge < -0.3 is 15.6 Å². The second-order valence-electron chi connectivity index (χ2n) is 7.74. The Kier molecular flexibility index (Phi) is 5.41. The van der Waals surface area contributed by atoms with Crippen LogP contribution in [0.15, 0.2) is 29.2 Å². The van der Waals surface area contributed by atoms with Gasteiger partial charge in [-0.05, 0) is 37.3 Å². The van der Waals surface area contributed by atoms with Gasteiger partial charge in [0.15, 0.2) is 9.84 Å². The van der Waals surface area contributed by atoms with Crippen LogP contribution >= 0.6 is 11.6 Å². The molecule has 0 heterocycles. The summed E-state index contributed by atoms with van der Waals surface area (Å²) in [5, 5.41) is 18.7. The van der Waals surface area contributed by atoms with Crippen molar-refractivity contribution in [2.24, 2.45) is 28.4 Å². The number of ether oxygens (including phenoxy) is 1. The Bertz CT molecular complexity index is 1010. The number of hydrogen-bond donors (Lipinski definition) is 2. The van der Waals surface area contributed by atoms with Crippen LogP contribution < -0.4 is 5.73 Å². The Hall–Kier alpha value is -2.15. The third-order valence-electron chi connectivity index (χ3n) is 6.41. The number of aliphatic carboxylic acids is 1. The lowest BCUT2D eigenvalue weighted by atomic mass is 9.71. The molecule has 0 aromatic heterocycles. The third-order valence-corrected chi connectivity index (χ3v) is 9.06. The molecule has 156 valence electrons. The van der Waals surface area contributed by atoms with Crippen molar-refractivity contribution < 1.29 is 27.9 Å². The van der Waals surface area contributed by atoms with Gasteiger partial charge in [-0.2, -0.15) is 5.26 Å². The molecule has 1 aromatic carbocycles. The van der Waals surface area contributed by atoms with Gasteiger partial charge >= 0.3 is 5.97 Å². The highest BCUT2D eigenvalue weighted by Crippen LogP contribution is 2.68. The first-order chi connectivity index (χ1) is 13.6. The second-order valence-corrected chi connectivity index (χ2v) is 10.3. The zero-order chi connectivity index (χ0) is 21.6. The number of hydrogen-bond acceptors (Lipinski definition) is 6. The number of carbonyl (C=O) groups excluding carboxylic acids is 1. The predicted octanol–water partition coefficient (Wildman–Crippen LogP) is 1.62. The number of carboxylic acids is 1. The Balaban J connectivity index is 2.07. The molecule has 8 nitrogen and oxygen atoms in total. The largest absolute Gasteiger partial charge is 0.481 e. The molecule has 10 heteroatoms. The van der Waals surface area contributed by atoms with Gasteiger partial charge in [-0.25, -0.2) is 8.42 Å². The summed E-state index contributed by atoms with van der Waals surface area (Å²) in [6, 6.07) is 7.84. The van der Waals surface area contributed by atoms with E-state index in [4.69, 9.17) is 22.1 Å². The summed E-state index contributed by atoms with van der Waals surface area (Å²) >= 11 is 6.08. The van der Waals surface area contributed by atoms with Crippen molar-refractivity contribution in [2.75, 3.05) is 13.7 Å². The summed E-state index contributed by atoms with van der Waals surface area (Å²) in [4.78, 5) is 24.3. The molecule has 0 saturated heterocycles. The number of primary amides is 1. The van der Waals surface area contributed by atoms with E-state index in [0.29, 0.717) is 0 Å². The zero-order valence-electron chi connectivity index (χ0n) is 15.7. The fourth-order valence-corrected chi connectivity index (χ4v) is 7.24. The molecule has 0 bridgehead atoms. The van der Waals surface area contributed by atoms with Crippen LogP contribution in [0.25, 0.3) is 0 Å². The third kappa shape index (κ3) is 3.10. The van der Waals surface area contributed by atoms with Crippen LogP contribution in [0, 0.1) is 34.0 Å². The number of benzene rings is 1. The summed E-state index contributed by atoms with van der Waals surface area (Å²) in [7, 11) is -2.56. The standard InChI is InChI=1S/C19H21ClN2O6S/c1-28-9-11-6-12(29(26,27)14-5-3-2-4-13(14)20)7-19(11,17(24)25)15-8-18(15,10-21)16(22)23/h2-5,11-12,15H,6-9H2,1H3,(H2,22,23)(H,24,25)/t11-,12+,15?,18?,19-/m0/s1. The summed E-state index contributed by atoms with van der Waals surface area (Å²) < 4.78 is 31.7. The van der Waals surface area contributed by atoms with Gasteiger partial charge in [0.25, 0.3) is 0 Å². The van der Waals surface area contributed by atoms with Crippen LogP contribution in [-0.2, 0) is 24.2 Å². The first kappa shape index (κ1) is 21.6. The number of halogens is 1. The highest BCUT2D eigenvalue weighted by atomic mass is 35.5. The number of carboxylic acid groups (broad SMARTS) is 1. The van der Waals surface area contributed by atoms with Crippen molar-refractivity contribution in [1.82, 2.24) is 0 Å². The minimum Gasteiger partial charge on any atom is -0.481 e. The zero-order valence-corrected chi connectivity index (χ0v) is 17.2. The Morgan fingerprint density at radius 2 is 2.03 bits per heavy atom. The number of carbonyl (C=O) groups is 2. The first-order valence-electron chi connectivity index (χ1n) is 8.99. The number of rotatable bonds is 7. The lowest BCUT2D eigenvalue weighted by molar-refractivity contribution is -0.155. The molecule has 1 amide bonds. The topological polar surface area (TPSA) is 148 Å². The Morgan fingerprint density at radius 1 is 1.38 bits per heavy atom. The van der Waals surface area contributed by atoms with Crippen molar-refractivity contribution in [3.63, 3.8) is 0 Å². The maximum absolute atomic E-state index is 13.2. The fourth-order valence-electron chi connectivity index (χ4n) is 4.84. The lowest BCUT2D eigenvalue weighted by Gasteiger charge is -2.32. The Labute approximate surface area is 173 Å². The average molecular weight is 441 g/mol. The monoisotopic (exact) mass is 440 g/mol. The molecule has 2 fully saturated rings. The second kappa shape index (κ2) is 7.27. The van der Waals surface area contributed by atoms with Gasteiger partial charge in [-0.1, -0.05) is 23.7 Å². The maximum atomic E-state index is 13.2. The number of nitrogens with two attached hydrogens (primary N) is 1. The lowest BCUT2D eigenvalue weighted by Crippen LogP contribution is -2.43. The van der Waals surface area contributed by atoms with E-state index in [0.717, 1.165) is 0 Å². The number of nitrogens with zero attached hydrogens (tertiary/aromatic N) is 1. The molecule has 2 aliphatic carbocycles. The van der Waals surface area contributed by atoms with Crippen molar-refractivity contribution in [1.29, 1.82) is 5.26 Å². The summed E-state index contributed by atoms with van der Waals surface area (Å²) in [6.45, 7) is -0.0163. The summed E-state index contributed by atoms with van der Waals surface area (Å²) in [5.74, 6) is -3.72. The molecule has 3 N–H and O–H groups in total. The molecular weight excluding hydrogens is 420 g/mol. The highest BCUT2D eigenvalue weighted by Gasteiger charge is 2.74. The van der Waals surface area contributed by atoms with Gasteiger partial charge in [-0.15, -0.1) is 0 Å². The number of nitriles is 1. The molecule has 0 radical (unpaired) electrons. The number of sulfone groups is 1. The van der Waals surface area contributed by atoms with E-state index in [-0.39, 0.29) is 35.8 Å². The van der Waals surface area contributed by atoms with Crippen molar-refractivity contribution in [3.05, 3.63) is 29.3 Å². The van der Waals surface area contributed by atoms with Crippen molar-refractivity contribution in [2.45, 2.75) is 29.4 Å². The van der Waals surface area contributed by atoms with E-state index >= 15 is 0 Å². The number of methoxy groups -OCH3 is 1. The predicted molar refractivity (Wildman–Crippen MR) is 102 cm³/mol. The minimum atomic E-state index is -3.95. The van der Waals surface area contributed by atoms with Gasteiger partial charge in [0.1, 0.15) is 5.41 Å². The molecule has 2 aliphatic rings. The van der Waals surface area contributed by atoms with E-state index < -0.39 is 49.6 Å². The number of amides is 1. The van der Waals surface area contributed by atoms with Gasteiger partial charge in [0.05, 0.1) is 33.3 Å². The fraction of sp³-hybridized carbons (Fsp3) is 0.526. The maximum Gasteiger partial charge on any atom is 0.310 e. The van der Waals surface area contributed by atoms with Crippen LogP contribution in [0.3, 0.4) is 0 Å². The quantitative estimate of drug-likeness (QED) is 0.654. The smallest absolute Gasteiger partial charge is 0.310 e. The van der Waals surface area contributed by atoms with Gasteiger partial charge in [0.2, 0.25) is 5.91 Å². The molecule has 3 rings (SSSR count). The van der Waals surface area contributed by atoms with E-state index in [1.54, 1.807) is 12.1 Å². The first-order valence-corrected chi connectivity index (χ1v) is 10.9. The van der Waals surface area contributed by atoms with Gasteiger partial charge in [0, 0.05) is 13.0 Å². The summed E-state index contributed by atoms with van der Waals surface area (Å²) in [6.07, 6.45) is -0.236. The van der Waals surface area contributed by atoms with E-state index in [2.05, 4.69) is 0 Å². The average Bonchev–Trinajstić information content (AvgIpc) is 3.30. The van der Waals surface area contributed by atoms with E-state index in [1.165, 1.54) is 19.2 Å². The van der Waals surface area contributed by atoms with Crippen LogP contribution in [-0.4, -0.2) is 44.4 Å². The molecule has 29 heavy (non-hydrogen) atoms. The van der Waals surface area contributed by atoms with Gasteiger partial charge in [-0.3, -0.25) is 9.59 Å². The SMILES string of the molecule is COC[C@@H]1C[C@@H](S(=O)(=O)c2ccccc2Cl)C[C@@]1(C(=O)O)C1CC1(C#N)C(N)=O. The molecule has 0 spiro atoms. The normalized spacial score (nSPS) is 33.8. The van der Waals surface area contributed by atoms with Crippen molar-refractivity contribution >= 4 is 33.3 Å². The van der Waals surface area contributed by atoms with Crippen LogP contribution in [0.5, 0.6) is 0 Å². The molecule has 2 saturated carbocycles. The highest BCUT2D eigenvalue weighted by molar-refractivity contribution is 7.92. The molecule has 1 aromatic rings. The van der Waals surface area contributed by atoms with Crippen LogP contribution in [0.4, 0.5) is 0 Å².